The van der Waals surface area contributed by atoms with E-state index in [1.54, 1.807) is 16.7 Å². The van der Waals surface area contributed by atoms with E-state index in [2.05, 4.69) is 4.72 Å². The molecule has 180 valence electrons. The average molecular weight is 477 g/mol. The molecule has 1 N–H and O–H groups in total. The molecule has 4 rings (SSSR count). The predicted molar refractivity (Wildman–Crippen MR) is 127 cm³/mol. The summed E-state index contributed by atoms with van der Waals surface area (Å²) in [6.45, 7) is 2.36. The van der Waals surface area contributed by atoms with Crippen LogP contribution in [0.4, 0.5) is 4.39 Å². The Balaban J connectivity index is 1.43. The van der Waals surface area contributed by atoms with Crippen LogP contribution >= 0.6 is 0 Å². The first-order valence-electron chi connectivity index (χ1n) is 11.7. The van der Waals surface area contributed by atoms with Crippen molar-refractivity contribution in [3.8, 4) is 0 Å². The largest absolute Gasteiger partial charge is 0.378 e. The molecule has 0 aliphatic heterocycles. The summed E-state index contributed by atoms with van der Waals surface area (Å²) in [7, 11) is -3.39. The highest BCUT2D eigenvalue weighted by molar-refractivity contribution is 7.88. The van der Waals surface area contributed by atoms with Gasteiger partial charge in [0.05, 0.1) is 19.0 Å². The lowest BCUT2D eigenvalue weighted by molar-refractivity contribution is 0.0168. The van der Waals surface area contributed by atoms with Crippen molar-refractivity contribution < 1.29 is 17.5 Å². The molecule has 2 aromatic rings. The van der Waals surface area contributed by atoms with Gasteiger partial charge in [0, 0.05) is 30.3 Å². The maximum absolute atomic E-state index is 13.6. The highest BCUT2D eigenvalue weighted by Crippen LogP contribution is 2.35. The minimum Gasteiger partial charge on any atom is -0.378 e. The number of rotatable bonds is 9. The summed E-state index contributed by atoms with van der Waals surface area (Å²) in [6.07, 6.45) is 8.60. The van der Waals surface area contributed by atoms with Crippen molar-refractivity contribution in [2.45, 2.75) is 69.4 Å². The van der Waals surface area contributed by atoms with E-state index in [0.29, 0.717) is 11.5 Å². The standard InChI is InChI=1S/C25H33FN2O4S/c1-17-12-24(25(29)28(15-17)22-8-9-22)20(14-27-33(2,30)31)16-32-23-10-6-18(7-11-23)19-4-3-5-21(26)13-19/h3-5,12-13,15,18,20,22-23,27H,6-11,14,16H2,1-2H3. The second kappa shape index (κ2) is 10.1. The quantitative estimate of drug-likeness (QED) is 0.593. The number of hydrogen-bond donors (Lipinski definition) is 1. The molecule has 1 atom stereocenters. The van der Waals surface area contributed by atoms with Gasteiger partial charge >= 0.3 is 0 Å². The van der Waals surface area contributed by atoms with Crippen molar-refractivity contribution in [3.63, 3.8) is 0 Å². The number of nitrogens with zero attached hydrogens (tertiary/aromatic N) is 1. The topological polar surface area (TPSA) is 77.4 Å². The number of benzene rings is 1. The van der Waals surface area contributed by atoms with Gasteiger partial charge in [-0.3, -0.25) is 4.79 Å². The molecule has 1 aromatic carbocycles. The van der Waals surface area contributed by atoms with Gasteiger partial charge in [-0.2, -0.15) is 0 Å². The fraction of sp³-hybridized carbons (Fsp3) is 0.560. The summed E-state index contributed by atoms with van der Waals surface area (Å²) < 4.78 is 47.6. The zero-order valence-electron chi connectivity index (χ0n) is 19.3. The first-order chi connectivity index (χ1) is 15.7. The molecule has 2 aliphatic rings. The molecule has 0 radical (unpaired) electrons. The Morgan fingerprint density at radius 3 is 2.52 bits per heavy atom. The molecule has 33 heavy (non-hydrogen) atoms. The molecule has 0 spiro atoms. The fourth-order valence-corrected chi connectivity index (χ4v) is 5.28. The SMILES string of the molecule is Cc1cc(C(CNS(C)(=O)=O)COC2CCC(c3cccc(F)c3)CC2)c(=O)n(C2CC2)c1. The van der Waals surface area contributed by atoms with E-state index in [-0.39, 0.29) is 42.6 Å². The number of pyridine rings is 1. The molecule has 1 heterocycles. The molecule has 2 aliphatic carbocycles. The van der Waals surface area contributed by atoms with Gasteiger partial charge in [0.1, 0.15) is 5.82 Å². The van der Waals surface area contributed by atoms with Crippen molar-refractivity contribution in [3.05, 3.63) is 69.4 Å². The van der Waals surface area contributed by atoms with Crippen LogP contribution in [0.1, 0.15) is 73.1 Å². The van der Waals surface area contributed by atoms with Gasteiger partial charge in [0.25, 0.3) is 5.56 Å². The Hall–Kier alpha value is -2.03. The number of nitrogens with one attached hydrogen (secondary N) is 1. The lowest BCUT2D eigenvalue weighted by atomic mass is 9.82. The third-order valence-corrected chi connectivity index (χ3v) is 7.40. The van der Waals surface area contributed by atoms with E-state index in [0.717, 1.165) is 55.9 Å². The molecular weight excluding hydrogens is 443 g/mol. The smallest absolute Gasteiger partial charge is 0.254 e. The normalized spacial score (nSPS) is 22.3. The minimum atomic E-state index is -3.39. The molecular formula is C25H33FN2O4S. The average Bonchev–Trinajstić information content (AvgIpc) is 3.60. The summed E-state index contributed by atoms with van der Waals surface area (Å²) in [5, 5.41) is 0. The Morgan fingerprint density at radius 2 is 1.88 bits per heavy atom. The Labute approximate surface area is 195 Å². The number of aromatic nitrogens is 1. The van der Waals surface area contributed by atoms with Crippen LogP contribution in [0.15, 0.2) is 41.3 Å². The molecule has 6 nitrogen and oxygen atoms in total. The van der Waals surface area contributed by atoms with Crippen LogP contribution in [0.5, 0.6) is 0 Å². The van der Waals surface area contributed by atoms with Gasteiger partial charge in [0.15, 0.2) is 0 Å². The molecule has 0 bridgehead atoms. The first kappa shape index (κ1) is 24.1. The minimum absolute atomic E-state index is 0.0472. The summed E-state index contributed by atoms with van der Waals surface area (Å²) in [4.78, 5) is 13.1. The van der Waals surface area contributed by atoms with E-state index in [9.17, 15) is 17.6 Å². The Kier molecular flexibility index (Phi) is 7.36. The lowest BCUT2D eigenvalue weighted by Gasteiger charge is -2.30. The van der Waals surface area contributed by atoms with Crippen LogP contribution in [-0.4, -0.2) is 38.5 Å². The van der Waals surface area contributed by atoms with Crippen molar-refractivity contribution in [1.29, 1.82) is 0 Å². The van der Waals surface area contributed by atoms with Crippen molar-refractivity contribution >= 4 is 10.0 Å². The van der Waals surface area contributed by atoms with Crippen LogP contribution in [0.25, 0.3) is 0 Å². The van der Waals surface area contributed by atoms with E-state index in [1.807, 2.05) is 25.3 Å². The second-order valence-corrected chi connectivity index (χ2v) is 11.4. The van der Waals surface area contributed by atoms with Gasteiger partial charge in [-0.05, 0) is 80.7 Å². The summed E-state index contributed by atoms with van der Waals surface area (Å²) in [6, 6.07) is 8.92. The van der Waals surface area contributed by atoms with E-state index >= 15 is 0 Å². The van der Waals surface area contributed by atoms with E-state index < -0.39 is 10.0 Å². The summed E-state index contributed by atoms with van der Waals surface area (Å²) in [5.41, 5.74) is 2.56. The number of ether oxygens (including phenoxy) is 1. The van der Waals surface area contributed by atoms with E-state index in [4.69, 9.17) is 4.74 Å². The molecule has 2 fully saturated rings. The first-order valence-corrected chi connectivity index (χ1v) is 13.6. The number of sulfonamides is 1. The lowest BCUT2D eigenvalue weighted by Crippen LogP contribution is -2.35. The van der Waals surface area contributed by atoms with Gasteiger partial charge in [-0.1, -0.05) is 12.1 Å². The second-order valence-electron chi connectivity index (χ2n) is 9.60. The highest BCUT2D eigenvalue weighted by atomic mass is 32.2. The Morgan fingerprint density at radius 1 is 1.15 bits per heavy atom. The fourth-order valence-electron chi connectivity index (χ4n) is 4.77. The molecule has 0 amide bonds. The monoisotopic (exact) mass is 476 g/mol. The van der Waals surface area contributed by atoms with Crippen LogP contribution in [0.3, 0.4) is 0 Å². The van der Waals surface area contributed by atoms with Gasteiger partial charge in [0.2, 0.25) is 10.0 Å². The van der Waals surface area contributed by atoms with Crippen LogP contribution in [-0.2, 0) is 14.8 Å². The zero-order valence-corrected chi connectivity index (χ0v) is 20.1. The van der Waals surface area contributed by atoms with Gasteiger partial charge in [-0.15, -0.1) is 0 Å². The molecule has 0 saturated heterocycles. The Bertz CT molecular complexity index is 1140. The molecule has 1 unspecified atom stereocenters. The van der Waals surface area contributed by atoms with E-state index in [1.165, 1.54) is 6.07 Å². The van der Waals surface area contributed by atoms with Crippen LogP contribution in [0.2, 0.25) is 0 Å². The predicted octanol–water partition coefficient (Wildman–Crippen LogP) is 4.01. The van der Waals surface area contributed by atoms with Crippen molar-refractivity contribution in [2.24, 2.45) is 0 Å². The maximum Gasteiger partial charge on any atom is 0.254 e. The third kappa shape index (κ3) is 6.52. The van der Waals surface area contributed by atoms with Crippen molar-refractivity contribution in [1.82, 2.24) is 9.29 Å². The third-order valence-electron chi connectivity index (χ3n) is 6.71. The number of hydrogen-bond acceptors (Lipinski definition) is 4. The summed E-state index contributed by atoms with van der Waals surface area (Å²) >= 11 is 0. The zero-order chi connectivity index (χ0) is 23.6. The molecule has 1 aromatic heterocycles. The van der Waals surface area contributed by atoms with Gasteiger partial charge < -0.3 is 9.30 Å². The number of halogens is 1. The maximum atomic E-state index is 13.6. The molecule has 2 saturated carbocycles. The van der Waals surface area contributed by atoms with Gasteiger partial charge in [-0.25, -0.2) is 17.5 Å². The number of aryl methyl sites for hydroxylation is 1. The highest BCUT2D eigenvalue weighted by Gasteiger charge is 2.29. The molecule has 8 heteroatoms. The van der Waals surface area contributed by atoms with Crippen LogP contribution < -0.4 is 10.3 Å². The van der Waals surface area contributed by atoms with Crippen LogP contribution in [0, 0.1) is 12.7 Å². The summed E-state index contributed by atoms with van der Waals surface area (Å²) in [5.74, 6) is -0.245. The van der Waals surface area contributed by atoms with Crippen molar-refractivity contribution in [2.75, 3.05) is 19.4 Å².